The van der Waals surface area contributed by atoms with Crippen LogP contribution in [0.3, 0.4) is 0 Å². The van der Waals surface area contributed by atoms with E-state index >= 15 is 0 Å². The summed E-state index contributed by atoms with van der Waals surface area (Å²) in [5.41, 5.74) is 0.715. The lowest BCUT2D eigenvalue weighted by atomic mass is 10.2. The molecule has 1 aromatic carbocycles. The molecule has 4 nitrogen and oxygen atoms in total. The van der Waals surface area contributed by atoms with E-state index in [0.717, 1.165) is 4.47 Å². The molecule has 0 aliphatic carbocycles. The normalized spacial score (nSPS) is 12.4. The van der Waals surface area contributed by atoms with Crippen molar-refractivity contribution < 1.29 is 19.4 Å². The van der Waals surface area contributed by atoms with Gasteiger partial charge in [0, 0.05) is 17.6 Å². The number of carboxylic acid groups (broad SMARTS) is 1. The van der Waals surface area contributed by atoms with Crippen molar-refractivity contribution in [3.8, 4) is 0 Å². The van der Waals surface area contributed by atoms with Crippen molar-refractivity contribution in [1.29, 1.82) is 0 Å². The van der Waals surface area contributed by atoms with Gasteiger partial charge in [-0.2, -0.15) is 0 Å². The fraction of sp³-hybridized carbons (Fsp3) is 0.364. The minimum atomic E-state index is -1.05. The number of carbonyl (C=O) groups is 1. The van der Waals surface area contributed by atoms with Gasteiger partial charge in [0.05, 0.1) is 12.5 Å². The second-order valence-electron chi connectivity index (χ2n) is 3.62. The third kappa shape index (κ3) is 5.25. The van der Waals surface area contributed by atoms with Gasteiger partial charge in [0.15, 0.2) is 0 Å². The number of halogens is 2. The van der Waals surface area contributed by atoms with E-state index < -0.39 is 12.1 Å². The second kappa shape index (κ2) is 6.68. The van der Waals surface area contributed by atoms with Crippen LogP contribution in [0.5, 0.6) is 0 Å². The molecule has 1 unspecified atom stereocenters. The van der Waals surface area contributed by atoms with Gasteiger partial charge in [-0.3, -0.25) is 4.79 Å². The first-order valence-corrected chi connectivity index (χ1v) is 5.83. The summed E-state index contributed by atoms with van der Waals surface area (Å²) in [6.45, 7) is 0.504. The minimum Gasteiger partial charge on any atom is -0.481 e. The first-order chi connectivity index (χ1) is 7.99. The van der Waals surface area contributed by atoms with E-state index in [4.69, 9.17) is 5.11 Å². The van der Waals surface area contributed by atoms with E-state index in [1.807, 2.05) is 0 Å². The van der Waals surface area contributed by atoms with Crippen molar-refractivity contribution >= 4 is 21.9 Å². The van der Waals surface area contributed by atoms with Crippen molar-refractivity contribution in [3.63, 3.8) is 0 Å². The smallest absolute Gasteiger partial charge is 0.306 e. The molecule has 0 fully saturated rings. The maximum absolute atomic E-state index is 12.9. The number of rotatable bonds is 6. The molecule has 0 saturated carbocycles. The van der Waals surface area contributed by atoms with Crippen molar-refractivity contribution in [2.45, 2.75) is 19.1 Å². The molecule has 1 aromatic rings. The molecule has 17 heavy (non-hydrogen) atoms. The van der Waals surface area contributed by atoms with Gasteiger partial charge in [0.1, 0.15) is 5.82 Å². The van der Waals surface area contributed by atoms with E-state index in [1.165, 1.54) is 12.1 Å². The number of hydrogen-bond donors (Lipinski definition) is 3. The predicted molar refractivity (Wildman–Crippen MR) is 64.1 cm³/mol. The van der Waals surface area contributed by atoms with Gasteiger partial charge in [0.25, 0.3) is 0 Å². The van der Waals surface area contributed by atoms with Crippen LogP contribution >= 0.6 is 15.9 Å². The number of aliphatic hydroxyl groups is 1. The monoisotopic (exact) mass is 305 g/mol. The van der Waals surface area contributed by atoms with Crippen molar-refractivity contribution in [1.82, 2.24) is 5.32 Å². The molecule has 0 aliphatic heterocycles. The number of aliphatic carboxylic acids is 1. The van der Waals surface area contributed by atoms with E-state index in [2.05, 4.69) is 21.2 Å². The van der Waals surface area contributed by atoms with E-state index in [-0.39, 0.29) is 18.8 Å². The lowest BCUT2D eigenvalue weighted by Crippen LogP contribution is -2.28. The Morgan fingerprint density at radius 1 is 1.53 bits per heavy atom. The summed E-state index contributed by atoms with van der Waals surface area (Å²) in [5.74, 6) is -1.39. The summed E-state index contributed by atoms with van der Waals surface area (Å²) in [7, 11) is 0. The van der Waals surface area contributed by atoms with E-state index in [0.29, 0.717) is 12.1 Å². The average Bonchev–Trinajstić information content (AvgIpc) is 2.22. The van der Waals surface area contributed by atoms with Gasteiger partial charge >= 0.3 is 5.97 Å². The summed E-state index contributed by atoms with van der Waals surface area (Å²) in [5, 5.41) is 20.6. The van der Waals surface area contributed by atoms with Crippen LogP contribution in [0.25, 0.3) is 0 Å². The van der Waals surface area contributed by atoms with E-state index in [9.17, 15) is 14.3 Å². The highest BCUT2D eigenvalue weighted by atomic mass is 79.9. The predicted octanol–water partition coefficient (Wildman–Crippen LogP) is 1.51. The van der Waals surface area contributed by atoms with Gasteiger partial charge in [-0.05, 0) is 23.8 Å². The highest BCUT2D eigenvalue weighted by Crippen LogP contribution is 2.17. The molecule has 3 N–H and O–H groups in total. The molecule has 0 aliphatic rings. The summed E-state index contributed by atoms with van der Waals surface area (Å²) < 4.78 is 13.7. The van der Waals surface area contributed by atoms with Gasteiger partial charge in [-0.25, -0.2) is 4.39 Å². The van der Waals surface area contributed by atoms with Gasteiger partial charge in [-0.1, -0.05) is 15.9 Å². The Morgan fingerprint density at radius 3 is 2.88 bits per heavy atom. The zero-order valence-corrected chi connectivity index (χ0v) is 10.6. The standard InChI is InChI=1S/C11H13BrFNO3/c12-10-2-1-8(13)3-7(10)5-14-6-9(15)4-11(16)17/h1-3,9,14-15H,4-6H2,(H,16,17). The molecule has 0 spiro atoms. The zero-order chi connectivity index (χ0) is 12.8. The number of benzene rings is 1. The second-order valence-corrected chi connectivity index (χ2v) is 4.47. The van der Waals surface area contributed by atoms with Crippen LogP contribution in [0.15, 0.2) is 22.7 Å². The molecule has 0 saturated heterocycles. The Morgan fingerprint density at radius 2 is 2.24 bits per heavy atom. The summed E-state index contributed by atoms with van der Waals surface area (Å²) in [6.07, 6.45) is -1.25. The van der Waals surface area contributed by atoms with Crippen LogP contribution in [-0.2, 0) is 11.3 Å². The number of nitrogens with one attached hydrogen (secondary N) is 1. The molecule has 94 valence electrons. The molecular weight excluding hydrogens is 293 g/mol. The molecule has 0 amide bonds. The molecule has 0 aromatic heterocycles. The lowest BCUT2D eigenvalue weighted by molar-refractivity contribution is -0.139. The molecule has 0 heterocycles. The molecular formula is C11H13BrFNO3. The average molecular weight is 306 g/mol. The minimum absolute atomic E-state index is 0.148. The zero-order valence-electron chi connectivity index (χ0n) is 8.99. The maximum atomic E-state index is 12.9. The van der Waals surface area contributed by atoms with Crippen molar-refractivity contribution in [3.05, 3.63) is 34.1 Å². The molecule has 1 rings (SSSR count). The first-order valence-electron chi connectivity index (χ1n) is 5.03. The Balaban J connectivity index is 2.40. The third-order valence-electron chi connectivity index (χ3n) is 2.11. The van der Waals surface area contributed by atoms with Crippen molar-refractivity contribution in [2.24, 2.45) is 0 Å². The third-order valence-corrected chi connectivity index (χ3v) is 2.89. The van der Waals surface area contributed by atoms with Gasteiger partial charge in [0.2, 0.25) is 0 Å². The van der Waals surface area contributed by atoms with Crippen LogP contribution in [0.1, 0.15) is 12.0 Å². The van der Waals surface area contributed by atoms with Crippen LogP contribution < -0.4 is 5.32 Å². The Hall–Kier alpha value is -0.980. The summed E-state index contributed by atoms with van der Waals surface area (Å²) in [6, 6.07) is 4.31. The molecule has 1 atom stereocenters. The van der Waals surface area contributed by atoms with Crippen LogP contribution in [0, 0.1) is 5.82 Å². The summed E-state index contributed by atoms with van der Waals surface area (Å²) in [4.78, 5) is 10.3. The number of aliphatic hydroxyl groups excluding tert-OH is 1. The van der Waals surface area contributed by atoms with Crippen LogP contribution in [0.2, 0.25) is 0 Å². The maximum Gasteiger partial charge on any atom is 0.306 e. The van der Waals surface area contributed by atoms with Crippen LogP contribution in [0.4, 0.5) is 4.39 Å². The van der Waals surface area contributed by atoms with Gasteiger partial charge < -0.3 is 15.5 Å². The quantitative estimate of drug-likeness (QED) is 0.745. The Kier molecular flexibility index (Phi) is 5.54. The number of carboxylic acids is 1. The topological polar surface area (TPSA) is 69.6 Å². The number of hydrogen-bond acceptors (Lipinski definition) is 3. The SMILES string of the molecule is O=C(O)CC(O)CNCc1cc(F)ccc1Br. The molecule has 0 radical (unpaired) electrons. The molecule has 6 heteroatoms. The fourth-order valence-corrected chi connectivity index (χ4v) is 1.71. The fourth-order valence-electron chi connectivity index (χ4n) is 1.33. The largest absolute Gasteiger partial charge is 0.481 e. The van der Waals surface area contributed by atoms with Crippen LogP contribution in [-0.4, -0.2) is 28.8 Å². The molecule has 0 bridgehead atoms. The first kappa shape index (κ1) is 14.1. The summed E-state index contributed by atoms with van der Waals surface area (Å²) >= 11 is 3.27. The van der Waals surface area contributed by atoms with E-state index in [1.54, 1.807) is 6.07 Å². The highest BCUT2D eigenvalue weighted by Gasteiger charge is 2.09. The van der Waals surface area contributed by atoms with Crippen molar-refractivity contribution in [2.75, 3.05) is 6.54 Å². The Labute approximate surface area is 107 Å². The highest BCUT2D eigenvalue weighted by molar-refractivity contribution is 9.10. The van der Waals surface area contributed by atoms with Gasteiger partial charge in [-0.15, -0.1) is 0 Å². The lowest BCUT2D eigenvalue weighted by Gasteiger charge is -2.10. The Bertz CT molecular complexity index is 400.